The van der Waals surface area contributed by atoms with Crippen LogP contribution in [0.2, 0.25) is 13.1 Å². The largest absolute Gasteiger partial charge is 0.437 e. The van der Waals surface area contributed by atoms with Gasteiger partial charge in [0.05, 0.1) is 14.4 Å². The molecule has 1 radical (unpaired) electrons. The van der Waals surface area contributed by atoms with Crippen LogP contribution in [0.5, 0.6) is 0 Å². The first kappa shape index (κ1) is 19.0. The van der Waals surface area contributed by atoms with Gasteiger partial charge < -0.3 is 4.42 Å². The van der Waals surface area contributed by atoms with E-state index < -0.39 is 8.80 Å². The molecule has 5 aromatic rings. The quantitative estimate of drug-likeness (QED) is 0.284. The van der Waals surface area contributed by atoms with Gasteiger partial charge in [-0.15, -0.1) is 0 Å². The number of hydrogen-bond donors (Lipinski definition) is 0. The van der Waals surface area contributed by atoms with Crippen molar-refractivity contribution in [3.8, 4) is 11.3 Å². The van der Waals surface area contributed by atoms with Gasteiger partial charge >= 0.3 is 0 Å². The van der Waals surface area contributed by atoms with Crippen LogP contribution in [-0.2, 0) is 7.05 Å². The monoisotopic (exact) mass is 410 g/mol. The molecule has 0 atom stereocenters. The summed E-state index contributed by atoms with van der Waals surface area (Å²) < 4.78 is 8.62. The summed E-state index contributed by atoms with van der Waals surface area (Å²) in [6.07, 6.45) is 1.79. The maximum atomic E-state index is 6.31. The smallest absolute Gasteiger partial charge is 0.227 e. The fourth-order valence-corrected chi connectivity index (χ4v) is 5.34. The predicted octanol–water partition coefficient (Wildman–Crippen LogP) is 5.51. The van der Waals surface area contributed by atoms with Gasteiger partial charge in [-0.05, 0) is 61.7 Å². The van der Waals surface area contributed by atoms with Crippen molar-refractivity contribution in [2.45, 2.75) is 33.9 Å². The lowest BCUT2D eigenvalue weighted by Gasteiger charge is -2.12. The number of aromatic nitrogens is 2. The van der Waals surface area contributed by atoms with Gasteiger partial charge in [-0.25, -0.2) is 4.98 Å². The summed E-state index contributed by atoms with van der Waals surface area (Å²) in [5.74, 6) is 0. The van der Waals surface area contributed by atoms with Crippen molar-refractivity contribution in [1.82, 2.24) is 4.98 Å². The molecule has 5 rings (SSSR count). The van der Waals surface area contributed by atoms with E-state index in [1.807, 2.05) is 6.07 Å². The van der Waals surface area contributed by atoms with Crippen LogP contribution in [-0.4, -0.2) is 13.8 Å². The number of benzene rings is 2. The van der Waals surface area contributed by atoms with E-state index in [9.17, 15) is 0 Å². The van der Waals surface area contributed by atoms with Crippen LogP contribution in [0, 0.1) is 20.8 Å². The highest BCUT2D eigenvalue weighted by molar-refractivity contribution is 6.70. The van der Waals surface area contributed by atoms with Gasteiger partial charge in [-0.1, -0.05) is 24.3 Å². The number of nitrogens with zero attached hydrogens (tertiary/aromatic N) is 2. The van der Waals surface area contributed by atoms with Crippen molar-refractivity contribution < 1.29 is 8.98 Å². The van der Waals surface area contributed by atoms with Crippen molar-refractivity contribution in [2.75, 3.05) is 0 Å². The average molecular weight is 411 g/mol. The molecule has 0 aliphatic rings. The number of aryl methyl sites for hydroxylation is 3. The molecule has 30 heavy (non-hydrogen) atoms. The van der Waals surface area contributed by atoms with Crippen LogP contribution in [0.25, 0.3) is 44.2 Å². The highest BCUT2D eigenvalue weighted by Crippen LogP contribution is 2.38. The van der Waals surface area contributed by atoms with E-state index in [0.717, 1.165) is 21.9 Å². The molecule has 0 saturated heterocycles. The lowest BCUT2D eigenvalue weighted by atomic mass is 9.95. The molecule has 0 bridgehead atoms. The van der Waals surface area contributed by atoms with E-state index in [1.165, 1.54) is 38.5 Å². The fourth-order valence-electron chi connectivity index (χ4n) is 4.49. The third kappa shape index (κ3) is 2.71. The zero-order valence-electron chi connectivity index (χ0n) is 18.4. The molecular weight excluding hydrogens is 384 g/mol. The topological polar surface area (TPSA) is 29.9 Å². The fraction of sp³-hybridized carbons (Fsp3) is 0.231. The zero-order chi connectivity index (χ0) is 21.2. The molecule has 0 fully saturated rings. The van der Waals surface area contributed by atoms with Crippen LogP contribution in [0.15, 0.2) is 53.1 Å². The van der Waals surface area contributed by atoms with E-state index in [4.69, 9.17) is 4.42 Å². The molecule has 0 spiro atoms. The summed E-state index contributed by atoms with van der Waals surface area (Å²) in [7, 11) is 1.68. The lowest BCUT2D eigenvalue weighted by Crippen LogP contribution is -2.34. The Morgan fingerprint density at radius 2 is 1.70 bits per heavy atom. The highest BCUT2D eigenvalue weighted by Gasteiger charge is 2.25. The maximum Gasteiger partial charge on any atom is 0.227 e. The van der Waals surface area contributed by atoms with Crippen LogP contribution in [0.1, 0.15) is 16.7 Å². The summed E-state index contributed by atoms with van der Waals surface area (Å²) in [4.78, 5) is 4.46. The normalized spacial score (nSPS) is 12.0. The van der Waals surface area contributed by atoms with Gasteiger partial charge in [0.2, 0.25) is 16.9 Å². The maximum absolute atomic E-state index is 6.31. The third-order valence-electron chi connectivity index (χ3n) is 6.39. The molecule has 3 nitrogen and oxygen atoms in total. The van der Waals surface area contributed by atoms with Crippen LogP contribution < -0.4 is 9.75 Å². The van der Waals surface area contributed by atoms with Crippen molar-refractivity contribution in [2.24, 2.45) is 7.05 Å². The Labute approximate surface area is 178 Å². The van der Waals surface area contributed by atoms with Gasteiger partial charge in [0, 0.05) is 34.5 Å². The number of hydrogen-bond acceptors (Lipinski definition) is 2. The third-order valence-corrected chi connectivity index (χ3v) is 7.86. The van der Waals surface area contributed by atoms with Gasteiger partial charge in [0.1, 0.15) is 7.05 Å². The van der Waals surface area contributed by atoms with E-state index >= 15 is 0 Å². The van der Waals surface area contributed by atoms with E-state index in [2.05, 4.69) is 86.9 Å². The lowest BCUT2D eigenvalue weighted by molar-refractivity contribution is -0.633. The molecular formula is C26H26N2OSi+. The number of pyridine rings is 2. The first-order chi connectivity index (χ1) is 14.4. The molecule has 4 heteroatoms. The Balaban J connectivity index is 1.89. The molecule has 0 aliphatic heterocycles. The van der Waals surface area contributed by atoms with Crippen LogP contribution >= 0.6 is 0 Å². The first-order valence-corrected chi connectivity index (χ1v) is 12.9. The summed E-state index contributed by atoms with van der Waals surface area (Å²) in [5, 5.41) is 5.01. The van der Waals surface area contributed by atoms with Crippen molar-refractivity contribution in [3.05, 3.63) is 65.4 Å². The average Bonchev–Trinajstić information content (AvgIpc) is 3.09. The van der Waals surface area contributed by atoms with Crippen molar-refractivity contribution in [1.29, 1.82) is 0 Å². The molecule has 3 heterocycles. The molecule has 0 saturated carbocycles. The van der Waals surface area contributed by atoms with Crippen LogP contribution in [0.3, 0.4) is 0 Å². The minimum atomic E-state index is -0.480. The summed E-state index contributed by atoms with van der Waals surface area (Å²) in [6, 6.07) is 15.6. The Hall–Kier alpha value is -2.98. The number of rotatable bonds is 2. The van der Waals surface area contributed by atoms with E-state index in [0.29, 0.717) is 5.71 Å². The van der Waals surface area contributed by atoms with Gasteiger partial charge in [-0.2, -0.15) is 4.57 Å². The van der Waals surface area contributed by atoms with Crippen molar-refractivity contribution >= 4 is 47.0 Å². The molecule has 2 aromatic carbocycles. The predicted molar refractivity (Wildman–Crippen MR) is 127 cm³/mol. The summed E-state index contributed by atoms with van der Waals surface area (Å²) in [6.45, 7) is 11.3. The van der Waals surface area contributed by atoms with Gasteiger partial charge in [0.25, 0.3) is 0 Å². The minimum Gasteiger partial charge on any atom is -0.437 e. The Morgan fingerprint density at radius 1 is 0.900 bits per heavy atom. The Morgan fingerprint density at radius 3 is 2.47 bits per heavy atom. The number of furan rings is 1. The second-order valence-corrected chi connectivity index (χ2v) is 11.1. The van der Waals surface area contributed by atoms with Crippen molar-refractivity contribution in [3.63, 3.8) is 0 Å². The Bertz CT molecular complexity index is 1460. The van der Waals surface area contributed by atoms with Crippen LogP contribution in [0.4, 0.5) is 0 Å². The molecule has 149 valence electrons. The summed E-state index contributed by atoms with van der Waals surface area (Å²) >= 11 is 0. The molecule has 0 unspecified atom stereocenters. The Kier molecular flexibility index (Phi) is 4.29. The SMILES string of the molecule is Cc1cc2c(oc3ncccc32)c(-c2cc(C)c3cc([Si](C)C)ccc3[n+]2C)c1C. The van der Waals surface area contributed by atoms with Gasteiger partial charge in [0.15, 0.2) is 5.58 Å². The highest BCUT2D eigenvalue weighted by atomic mass is 28.3. The van der Waals surface area contributed by atoms with E-state index in [1.54, 1.807) is 6.20 Å². The standard InChI is InChI=1S/C26H26N2OSi/c1-15-12-21-19-8-7-11-27-26(19)29-25(21)24(17(15)3)23-13-16(2)20-14-18(30(5)6)9-10-22(20)28(23)4/h7-14H,1-6H3/q+1. The zero-order valence-corrected chi connectivity index (χ0v) is 19.4. The molecule has 3 aromatic heterocycles. The van der Waals surface area contributed by atoms with E-state index in [-0.39, 0.29) is 0 Å². The minimum absolute atomic E-state index is 0.480. The molecule has 0 aliphatic carbocycles. The summed E-state index contributed by atoms with van der Waals surface area (Å²) in [5.41, 5.74) is 9.02. The second kappa shape index (κ2) is 6.78. The van der Waals surface area contributed by atoms with Gasteiger partial charge in [-0.3, -0.25) is 0 Å². The molecule has 0 N–H and O–H groups in total. The first-order valence-electron chi connectivity index (χ1n) is 10.4. The second-order valence-electron chi connectivity index (χ2n) is 8.53. The molecule has 0 amide bonds. The number of fused-ring (bicyclic) bond motifs is 4.